The van der Waals surface area contributed by atoms with Crippen LogP contribution in [-0.4, -0.2) is 69.4 Å². The summed E-state index contributed by atoms with van der Waals surface area (Å²) in [5.74, 6) is -0.583. The molecule has 0 saturated carbocycles. The van der Waals surface area contributed by atoms with Crippen LogP contribution >= 0.6 is 7.82 Å². The quantitative estimate of drug-likeness (QED) is 0.0212. The number of esters is 1. The van der Waals surface area contributed by atoms with Gasteiger partial charge in [-0.1, -0.05) is 210 Å². The molecule has 408 valence electrons. The molecular weight excluding hydrogens is 892 g/mol. The molecule has 0 aliphatic rings. The lowest BCUT2D eigenvalue weighted by Crippen LogP contribution is -2.47. The first-order valence-corrected chi connectivity index (χ1v) is 30.6. The molecule has 1 amide bonds. The summed E-state index contributed by atoms with van der Waals surface area (Å²) in [6.07, 6.45) is 61.8. The van der Waals surface area contributed by atoms with Crippen LogP contribution in [-0.2, 0) is 27.9 Å². The van der Waals surface area contributed by atoms with Crippen LogP contribution in [0.4, 0.5) is 0 Å². The number of carbonyl (C=O) groups excluding carboxylic acids is 2. The van der Waals surface area contributed by atoms with Crippen LogP contribution < -0.4 is 10.2 Å². The number of phosphoric acid groups is 1. The first-order valence-electron chi connectivity index (χ1n) is 29.1. The van der Waals surface area contributed by atoms with Crippen molar-refractivity contribution in [2.24, 2.45) is 0 Å². The minimum absolute atomic E-state index is 0.0299. The fraction of sp³-hybridized carbons (Fsp3) is 0.800. The SMILES string of the molecule is CCCCC/C=C\C/C=C\C/C=C\CCCCCCC(=O)OC(/C=C/CCCCCCCCCCCCC)C(COP(=O)([O-])OCC[N+](C)(C)C)NC(=O)CCCCC/C=C\CCCCCCCCC. The number of quaternary nitrogens is 1. The zero-order valence-corrected chi connectivity index (χ0v) is 47.4. The Labute approximate surface area is 432 Å². The summed E-state index contributed by atoms with van der Waals surface area (Å²) in [4.78, 5) is 39.8. The highest BCUT2D eigenvalue weighted by Crippen LogP contribution is 2.38. The van der Waals surface area contributed by atoms with Gasteiger partial charge in [0.2, 0.25) is 5.91 Å². The molecule has 0 aliphatic heterocycles. The number of nitrogens with one attached hydrogen (secondary N) is 1. The van der Waals surface area contributed by atoms with E-state index in [2.05, 4.69) is 74.7 Å². The first kappa shape index (κ1) is 67.7. The van der Waals surface area contributed by atoms with Crippen molar-refractivity contribution >= 4 is 19.7 Å². The highest BCUT2D eigenvalue weighted by molar-refractivity contribution is 7.45. The number of nitrogens with zero attached hydrogens (tertiary/aromatic N) is 1. The number of ether oxygens (including phenoxy) is 1. The molecular formula is C60H111N2O7P. The lowest BCUT2D eigenvalue weighted by atomic mass is 10.0. The number of unbranched alkanes of at least 4 members (excludes halogenated alkanes) is 28. The lowest BCUT2D eigenvalue weighted by Gasteiger charge is -2.30. The van der Waals surface area contributed by atoms with Gasteiger partial charge in [0, 0.05) is 12.8 Å². The van der Waals surface area contributed by atoms with Crippen molar-refractivity contribution in [3.8, 4) is 0 Å². The number of rotatable bonds is 52. The van der Waals surface area contributed by atoms with Crippen molar-refractivity contribution < 1.29 is 37.3 Å². The molecule has 0 aliphatic carbocycles. The summed E-state index contributed by atoms with van der Waals surface area (Å²) in [5, 5.41) is 3.01. The van der Waals surface area contributed by atoms with E-state index in [0.29, 0.717) is 30.3 Å². The second-order valence-corrected chi connectivity index (χ2v) is 22.2. The van der Waals surface area contributed by atoms with Crippen LogP contribution in [0.25, 0.3) is 0 Å². The lowest BCUT2D eigenvalue weighted by molar-refractivity contribution is -0.870. The number of hydrogen-bond acceptors (Lipinski definition) is 7. The molecule has 3 atom stereocenters. The summed E-state index contributed by atoms with van der Waals surface area (Å²) in [6.45, 7) is 6.78. The molecule has 0 fully saturated rings. The maximum Gasteiger partial charge on any atom is 0.306 e. The van der Waals surface area contributed by atoms with Gasteiger partial charge in [-0.15, -0.1) is 0 Å². The van der Waals surface area contributed by atoms with Gasteiger partial charge in [0.05, 0.1) is 33.8 Å². The number of allylic oxidation sites excluding steroid dienone is 9. The third-order valence-corrected chi connectivity index (χ3v) is 13.6. The summed E-state index contributed by atoms with van der Waals surface area (Å²) in [7, 11) is 1.16. The van der Waals surface area contributed by atoms with E-state index in [-0.39, 0.29) is 24.9 Å². The second kappa shape index (κ2) is 50.3. The Morgan fingerprint density at radius 3 is 1.36 bits per heavy atom. The van der Waals surface area contributed by atoms with Crippen LogP contribution in [0.5, 0.6) is 0 Å². The Bertz CT molecular complexity index is 1390. The van der Waals surface area contributed by atoms with Crippen molar-refractivity contribution in [3.63, 3.8) is 0 Å². The molecule has 0 heterocycles. The zero-order chi connectivity index (χ0) is 51.5. The van der Waals surface area contributed by atoms with Crippen LogP contribution in [0.2, 0.25) is 0 Å². The van der Waals surface area contributed by atoms with Gasteiger partial charge in [-0.3, -0.25) is 14.2 Å². The minimum Gasteiger partial charge on any atom is -0.756 e. The number of phosphoric ester groups is 1. The van der Waals surface area contributed by atoms with Crippen LogP contribution in [0.3, 0.4) is 0 Å². The molecule has 0 spiro atoms. The molecule has 0 bridgehead atoms. The smallest absolute Gasteiger partial charge is 0.306 e. The molecule has 10 heteroatoms. The maximum absolute atomic E-state index is 13.5. The van der Waals surface area contributed by atoms with E-state index in [4.69, 9.17) is 13.8 Å². The average Bonchev–Trinajstić information content (AvgIpc) is 3.32. The van der Waals surface area contributed by atoms with E-state index in [0.717, 1.165) is 83.5 Å². The van der Waals surface area contributed by atoms with Crippen LogP contribution in [0.15, 0.2) is 60.8 Å². The minimum atomic E-state index is -4.70. The highest BCUT2D eigenvalue weighted by Gasteiger charge is 2.27. The van der Waals surface area contributed by atoms with E-state index in [9.17, 15) is 19.0 Å². The highest BCUT2D eigenvalue weighted by atomic mass is 31.2. The van der Waals surface area contributed by atoms with Crippen LogP contribution in [0, 0.1) is 0 Å². The Morgan fingerprint density at radius 2 is 0.871 bits per heavy atom. The average molecular weight is 1000 g/mol. The molecule has 0 saturated heterocycles. The summed E-state index contributed by atoms with van der Waals surface area (Å²) in [6, 6.07) is -0.905. The molecule has 3 unspecified atom stereocenters. The van der Waals surface area contributed by atoms with Gasteiger partial charge in [0.25, 0.3) is 7.82 Å². The molecule has 0 aromatic heterocycles. The summed E-state index contributed by atoms with van der Waals surface area (Å²) >= 11 is 0. The fourth-order valence-electron chi connectivity index (χ4n) is 8.11. The van der Waals surface area contributed by atoms with Crippen molar-refractivity contribution in [2.45, 2.75) is 270 Å². The van der Waals surface area contributed by atoms with E-state index < -0.39 is 26.6 Å². The van der Waals surface area contributed by atoms with Crippen LogP contribution in [0.1, 0.15) is 258 Å². The van der Waals surface area contributed by atoms with Crippen molar-refractivity contribution in [1.82, 2.24) is 5.32 Å². The normalized spacial score (nSPS) is 14.2. The first-order chi connectivity index (χ1) is 33.9. The van der Waals surface area contributed by atoms with E-state index >= 15 is 0 Å². The van der Waals surface area contributed by atoms with E-state index in [1.54, 1.807) is 0 Å². The molecule has 1 N–H and O–H groups in total. The van der Waals surface area contributed by atoms with E-state index in [1.807, 2.05) is 33.3 Å². The molecule has 0 rings (SSSR count). The van der Waals surface area contributed by atoms with Crippen molar-refractivity contribution in [3.05, 3.63) is 60.8 Å². The van der Waals surface area contributed by atoms with Gasteiger partial charge in [-0.2, -0.15) is 0 Å². The third-order valence-electron chi connectivity index (χ3n) is 12.7. The maximum atomic E-state index is 13.5. The number of carbonyl (C=O) groups is 2. The number of amides is 1. The molecule has 9 nitrogen and oxygen atoms in total. The molecule has 0 radical (unpaired) electrons. The Balaban J connectivity index is 5.43. The Hall–Kier alpha value is -2.29. The molecule has 70 heavy (non-hydrogen) atoms. The Morgan fingerprint density at radius 1 is 0.500 bits per heavy atom. The zero-order valence-electron chi connectivity index (χ0n) is 46.5. The summed E-state index contributed by atoms with van der Waals surface area (Å²) < 4.78 is 30.2. The number of likely N-dealkylation sites (N-methyl/N-ethyl adjacent to an activating group) is 1. The van der Waals surface area contributed by atoms with Gasteiger partial charge in [-0.05, 0) is 96.0 Å². The predicted octanol–water partition coefficient (Wildman–Crippen LogP) is 16.9. The van der Waals surface area contributed by atoms with Gasteiger partial charge in [0.1, 0.15) is 19.3 Å². The van der Waals surface area contributed by atoms with Gasteiger partial charge in [-0.25, -0.2) is 0 Å². The fourth-order valence-corrected chi connectivity index (χ4v) is 8.83. The number of hydrogen-bond donors (Lipinski definition) is 1. The molecule has 0 aromatic carbocycles. The molecule has 0 aromatic rings. The Kier molecular flexibility index (Phi) is 48.6. The predicted molar refractivity (Wildman–Crippen MR) is 298 cm³/mol. The van der Waals surface area contributed by atoms with E-state index in [1.165, 1.54) is 128 Å². The summed E-state index contributed by atoms with van der Waals surface area (Å²) in [5.41, 5.74) is 0. The van der Waals surface area contributed by atoms with Crippen molar-refractivity contribution in [2.75, 3.05) is 40.9 Å². The largest absolute Gasteiger partial charge is 0.756 e. The third kappa shape index (κ3) is 50.6. The second-order valence-electron chi connectivity index (χ2n) is 20.8. The standard InChI is InChI=1S/C60H111N2O7P/c1-7-10-13-16-19-22-25-28-30-31-32-35-38-41-44-47-50-53-60(64)69-58(51-48-45-42-39-36-33-27-24-21-18-15-12-9-3)57(56-68-70(65,66)67-55-54-62(4,5)6)61-59(63)52-49-46-43-40-37-34-29-26-23-20-17-14-11-8-2/h19,22,28,30,32,34-35,37,48,51,57-58H,7-18,20-21,23-27,29,31,33,36,38-47,49-50,52-56H2,1-6H3,(H-,61,63,65,66)/b22-19-,30-28-,35-32-,37-34-,51-48+. The monoisotopic (exact) mass is 1000 g/mol. The van der Waals surface area contributed by atoms with Gasteiger partial charge < -0.3 is 28.5 Å². The van der Waals surface area contributed by atoms with Crippen molar-refractivity contribution in [1.29, 1.82) is 0 Å². The van der Waals surface area contributed by atoms with Gasteiger partial charge >= 0.3 is 5.97 Å². The topological polar surface area (TPSA) is 114 Å². The van der Waals surface area contributed by atoms with Gasteiger partial charge in [0.15, 0.2) is 0 Å².